The van der Waals surface area contributed by atoms with Crippen LogP contribution in [0, 0.1) is 0 Å². The number of aliphatic hydroxyl groups is 3. The zero-order valence-corrected chi connectivity index (χ0v) is 11.8. The molecule has 2 aromatic rings. The fourth-order valence-electron chi connectivity index (χ4n) is 2.55. The Bertz CT molecular complexity index is 829. The van der Waals surface area contributed by atoms with Crippen LogP contribution in [0.1, 0.15) is 6.23 Å². The number of fused-ring (bicyclic) bond motifs is 1. The summed E-state index contributed by atoms with van der Waals surface area (Å²) in [6.45, 7) is 2.89. The first-order chi connectivity index (χ1) is 10.9. The Labute approximate surface area is 128 Å². The van der Waals surface area contributed by atoms with Crippen LogP contribution in [0.2, 0.25) is 0 Å². The topological polar surface area (TPSA) is 169 Å². The predicted molar refractivity (Wildman–Crippen MR) is 77.3 cm³/mol. The minimum absolute atomic E-state index is 0.127. The van der Waals surface area contributed by atoms with Gasteiger partial charge in [-0.25, -0.2) is 4.57 Å². The number of aliphatic hydroxyl groups excluding tert-OH is 3. The van der Waals surface area contributed by atoms with Crippen LogP contribution in [0.15, 0.2) is 11.4 Å². The average Bonchev–Trinajstić information content (AvgIpc) is 2.98. The van der Waals surface area contributed by atoms with Crippen LogP contribution in [0.25, 0.3) is 17.4 Å². The Balaban J connectivity index is 2.21. The number of anilines is 1. The minimum Gasteiger partial charge on any atom is -0.480 e. The van der Waals surface area contributed by atoms with Gasteiger partial charge in [0.2, 0.25) is 5.95 Å². The smallest absolute Gasteiger partial charge is 0.298 e. The van der Waals surface area contributed by atoms with Crippen molar-refractivity contribution < 1.29 is 25.2 Å². The second-order valence-electron chi connectivity index (χ2n) is 5.01. The van der Waals surface area contributed by atoms with Gasteiger partial charge in [0.05, 0.1) is 6.61 Å². The van der Waals surface area contributed by atoms with Crippen molar-refractivity contribution in [3.8, 4) is 6.01 Å². The number of ether oxygens (including phenoxy) is 1. The van der Waals surface area contributed by atoms with Gasteiger partial charge >= 0.3 is 0 Å². The molecule has 4 atom stereocenters. The van der Waals surface area contributed by atoms with E-state index in [0.717, 1.165) is 15.3 Å². The van der Waals surface area contributed by atoms with Gasteiger partial charge in [-0.1, -0.05) is 6.58 Å². The van der Waals surface area contributed by atoms with Gasteiger partial charge in [-0.3, -0.25) is 9.36 Å². The third kappa shape index (κ3) is 2.09. The first kappa shape index (κ1) is 15.4. The van der Waals surface area contributed by atoms with E-state index in [1.165, 1.54) is 0 Å². The molecule has 2 aromatic heterocycles. The summed E-state index contributed by atoms with van der Waals surface area (Å²) in [5.41, 5.74) is 4.65. The van der Waals surface area contributed by atoms with Crippen LogP contribution < -0.4 is 11.3 Å². The van der Waals surface area contributed by atoms with Gasteiger partial charge < -0.3 is 30.9 Å². The van der Waals surface area contributed by atoms with Crippen molar-refractivity contribution in [3.05, 3.63) is 16.9 Å². The highest BCUT2D eigenvalue weighted by Gasteiger charge is 2.45. The quantitative estimate of drug-likeness (QED) is 0.412. The molecule has 1 aliphatic heterocycles. The van der Waals surface area contributed by atoms with Crippen LogP contribution in [-0.4, -0.2) is 64.4 Å². The molecule has 124 valence electrons. The SMILES string of the molecule is C=Cn1c(N)nc2c(nc(O)n2[C@@H]2O[C@H](CO)[C@@H](O)[C@H]2O)c1=O. The van der Waals surface area contributed by atoms with E-state index in [-0.39, 0.29) is 17.1 Å². The molecule has 0 radical (unpaired) electrons. The van der Waals surface area contributed by atoms with Gasteiger partial charge in [0.25, 0.3) is 11.6 Å². The summed E-state index contributed by atoms with van der Waals surface area (Å²) < 4.78 is 7.18. The highest BCUT2D eigenvalue weighted by atomic mass is 16.6. The second kappa shape index (κ2) is 5.31. The summed E-state index contributed by atoms with van der Waals surface area (Å²) in [5, 5.41) is 39.0. The molecule has 0 unspecified atom stereocenters. The number of aromatic nitrogens is 4. The van der Waals surface area contributed by atoms with Crippen molar-refractivity contribution in [3.63, 3.8) is 0 Å². The predicted octanol–water partition coefficient (Wildman–Crippen LogP) is -2.41. The lowest BCUT2D eigenvalue weighted by atomic mass is 10.1. The number of aromatic hydroxyl groups is 1. The number of hydrogen-bond donors (Lipinski definition) is 5. The molecule has 23 heavy (non-hydrogen) atoms. The number of nitrogen functional groups attached to an aromatic ring is 1. The van der Waals surface area contributed by atoms with Gasteiger partial charge in [-0.2, -0.15) is 9.97 Å². The van der Waals surface area contributed by atoms with Gasteiger partial charge in [-0.05, 0) is 0 Å². The number of hydrogen-bond acceptors (Lipinski definition) is 9. The summed E-state index contributed by atoms with van der Waals surface area (Å²) in [6.07, 6.45) is -4.06. The number of nitrogens with two attached hydrogens (primary N) is 1. The van der Waals surface area contributed by atoms with Crippen molar-refractivity contribution >= 4 is 23.3 Å². The summed E-state index contributed by atoms with van der Waals surface area (Å²) in [6, 6.07) is -0.652. The van der Waals surface area contributed by atoms with Crippen molar-refractivity contribution in [2.45, 2.75) is 24.5 Å². The largest absolute Gasteiger partial charge is 0.480 e. The van der Waals surface area contributed by atoms with E-state index in [0.29, 0.717) is 0 Å². The van der Waals surface area contributed by atoms with Crippen LogP contribution in [0.4, 0.5) is 5.95 Å². The third-order valence-electron chi connectivity index (χ3n) is 3.71. The Kier molecular flexibility index (Phi) is 3.56. The lowest BCUT2D eigenvalue weighted by Gasteiger charge is -2.17. The minimum atomic E-state index is -1.47. The molecule has 0 bridgehead atoms. The maximum absolute atomic E-state index is 12.2. The standard InChI is InChI=1S/C12H15N5O6/c1-2-16-9(21)5-8(15-11(16)13)17(12(22)14-5)10-7(20)6(19)4(3-18)23-10/h2,4,6-7,10,18-20H,1,3H2,(H2,13,15)(H,14,22)/t4-,6-,7-,10-/m1/s1. The van der Waals surface area contributed by atoms with E-state index in [2.05, 4.69) is 16.5 Å². The molecular formula is C12H15N5O6. The Morgan fingerprint density at radius 1 is 1.35 bits per heavy atom. The highest BCUT2D eigenvalue weighted by molar-refractivity contribution is 5.73. The zero-order valence-electron chi connectivity index (χ0n) is 11.8. The van der Waals surface area contributed by atoms with E-state index in [1.54, 1.807) is 0 Å². The highest BCUT2D eigenvalue weighted by Crippen LogP contribution is 2.34. The molecule has 1 saturated heterocycles. The molecular weight excluding hydrogens is 310 g/mol. The van der Waals surface area contributed by atoms with Gasteiger partial charge in [0.1, 0.15) is 18.3 Å². The molecule has 11 nitrogen and oxygen atoms in total. The molecule has 1 aliphatic rings. The molecule has 0 saturated carbocycles. The monoisotopic (exact) mass is 325 g/mol. The third-order valence-corrected chi connectivity index (χ3v) is 3.71. The second-order valence-corrected chi connectivity index (χ2v) is 5.01. The molecule has 11 heteroatoms. The van der Waals surface area contributed by atoms with Crippen LogP contribution >= 0.6 is 0 Å². The van der Waals surface area contributed by atoms with Gasteiger partial charge in [0.15, 0.2) is 17.4 Å². The van der Waals surface area contributed by atoms with E-state index in [4.69, 9.17) is 15.6 Å². The maximum atomic E-state index is 12.2. The molecule has 0 amide bonds. The zero-order chi connectivity index (χ0) is 16.9. The number of imidazole rings is 1. The molecule has 3 rings (SSSR count). The lowest BCUT2D eigenvalue weighted by molar-refractivity contribution is -0.0537. The van der Waals surface area contributed by atoms with E-state index in [1.807, 2.05) is 0 Å². The first-order valence-corrected chi connectivity index (χ1v) is 6.64. The van der Waals surface area contributed by atoms with Crippen LogP contribution in [0.3, 0.4) is 0 Å². The Morgan fingerprint density at radius 2 is 2.04 bits per heavy atom. The molecule has 3 heterocycles. The fourth-order valence-corrected chi connectivity index (χ4v) is 2.55. The van der Waals surface area contributed by atoms with E-state index >= 15 is 0 Å². The van der Waals surface area contributed by atoms with Gasteiger partial charge in [0, 0.05) is 6.20 Å². The number of rotatable bonds is 3. The molecule has 0 aliphatic carbocycles. The summed E-state index contributed by atoms with van der Waals surface area (Å²) in [4.78, 5) is 19.9. The van der Waals surface area contributed by atoms with Crippen molar-refractivity contribution in [2.24, 2.45) is 0 Å². The van der Waals surface area contributed by atoms with Crippen LogP contribution in [-0.2, 0) is 4.74 Å². The van der Waals surface area contributed by atoms with Crippen molar-refractivity contribution in [1.82, 2.24) is 19.1 Å². The normalized spacial score (nSPS) is 27.6. The van der Waals surface area contributed by atoms with Gasteiger partial charge in [-0.15, -0.1) is 0 Å². The average molecular weight is 325 g/mol. The van der Waals surface area contributed by atoms with Crippen LogP contribution in [0.5, 0.6) is 6.01 Å². The van der Waals surface area contributed by atoms with E-state index < -0.39 is 42.7 Å². The molecule has 0 aromatic carbocycles. The molecule has 6 N–H and O–H groups in total. The first-order valence-electron chi connectivity index (χ1n) is 6.64. The van der Waals surface area contributed by atoms with E-state index in [9.17, 15) is 20.1 Å². The number of nitrogens with zero attached hydrogens (tertiary/aromatic N) is 4. The summed E-state index contributed by atoms with van der Waals surface area (Å²) >= 11 is 0. The fraction of sp³-hybridized carbons (Fsp3) is 0.417. The van der Waals surface area contributed by atoms with Crippen molar-refractivity contribution in [2.75, 3.05) is 12.3 Å². The summed E-state index contributed by atoms with van der Waals surface area (Å²) in [7, 11) is 0. The Morgan fingerprint density at radius 3 is 2.61 bits per heavy atom. The van der Waals surface area contributed by atoms with Crippen molar-refractivity contribution in [1.29, 1.82) is 0 Å². The Hall–Kier alpha value is -2.47. The summed E-state index contributed by atoms with van der Waals surface area (Å²) in [5.74, 6) is -0.203. The maximum Gasteiger partial charge on any atom is 0.298 e. The molecule has 1 fully saturated rings. The molecule has 0 spiro atoms. The lowest BCUT2D eigenvalue weighted by Crippen LogP contribution is -2.33.